The van der Waals surface area contributed by atoms with Crippen molar-refractivity contribution in [1.82, 2.24) is 0 Å². The molecule has 0 fully saturated rings. The van der Waals surface area contributed by atoms with Gasteiger partial charge in [0.2, 0.25) is 11.9 Å². The summed E-state index contributed by atoms with van der Waals surface area (Å²) in [6.45, 7) is 0. The van der Waals surface area contributed by atoms with Gasteiger partial charge in [-0.1, -0.05) is 34.4 Å². The molecule has 0 bridgehead atoms. The summed E-state index contributed by atoms with van der Waals surface area (Å²) in [5.41, 5.74) is 1.84. The van der Waals surface area contributed by atoms with E-state index in [-0.39, 0.29) is 5.91 Å². The summed E-state index contributed by atoms with van der Waals surface area (Å²) in [5, 5.41) is 7.63. The van der Waals surface area contributed by atoms with E-state index >= 15 is 0 Å². The lowest BCUT2D eigenvalue weighted by atomic mass is 10.0. The van der Waals surface area contributed by atoms with Gasteiger partial charge in [-0.2, -0.15) is 0 Å². The molecule has 1 aliphatic heterocycles. The van der Waals surface area contributed by atoms with Gasteiger partial charge in [0.05, 0.1) is 37.1 Å². The second-order valence-electron chi connectivity index (χ2n) is 5.87. The number of nitrogens with one attached hydrogen (secondary N) is 1. The zero-order valence-electron chi connectivity index (χ0n) is 15.4. The quantitative estimate of drug-likeness (QED) is 0.753. The third kappa shape index (κ3) is 4.10. The van der Waals surface area contributed by atoms with Gasteiger partial charge in [0.25, 0.3) is 5.91 Å². The van der Waals surface area contributed by atoms with Crippen LogP contribution in [0.3, 0.4) is 0 Å². The molecule has 1 amide bonds. The van der Waals surface area contributed by atoms with E-state index < -0.39 is 6.10 Å². The van der Waals surface area contributed by atoms with Gasteiger partial charge in [0.1, 0.15) is 0 Å². The molecule has 3 rings (SSSR count). The van der Waals surface area contributed by atoms with Crippen LogP contribution in [0.4, 0.5) is 5.69 Å². The SMILES string of the molecule is COc1cc(NC(=O)[C@@H]2CC(c3ccc(Cl)c(Cl)c3)=NO2)cc(OC)c1OC. The van der Waals surface area contributed by atoms with Gasteiger partial charge >= 0.3 is 0 Å². The highest BCUT2D eigenvalue weighted by Gasteiger charge is 2.29. The Bertz CT molecular complexity index is 908. The molecule has 28 heavy (non-hydrogen) atoms. The fourth-order valence-corrected chi connectivity index (χ4v) is 3.04. The number of nitrogens with zero attached hydrogens (tertiary/aromatic N) is 1. The first-order valence-corrected chi connectivity index (χ1v) is 9.01. The molecule has 9 heteroatoms. The molecule has 2 aromatic carbocycles. The molecule has 7 nitrogen and oxygen atoms in total. The van der Waals surface area contributed by atoms with E-state index in [4.69, 9.17) is 42.3 Å². The zero-order chi connectivity index (χ0) is 20.3. The highest BCUT2D eigenvalue weighted by atomic mass is 35.5. The Kier molecular flexibility index (Phi) is 6.16. The minimum absolute atomic E-state index is 0.300. The number of oxime groups is 1. The van der Waals surface area contributed by atoms with Crippen LogP contribution in [-0.2, 0) is 9.63 Å². The predicted molar refractivity (Wildman–Crippen MR) is 107 cm³/mol. The summed E-state index contributed by atoms with van der Waals surface area (Å²) in [4.78, 5) is 17.9. The number of carbonyl (C=O) groups is 1. The molecular formula is C19H18Cl2N2O5. The summed E-state index contributed by atoms with van der Waals surface area (Å²) in [7, 11) is 4.51. The molecular weight excluding hydrogens is 407 g/mol. The Morgan fingerprint density at radius 3 is 2.32 bits per heavy atom. The second kappa shape index (κ2) is 8.58. The second-order valence-corrected chi connectivity index (χ2v) is 6.68. The average molecular weight is 425 g/mol. The van der Waals surface area contributed by atoms with Gasteiger partial charge in [0.15, 0.2) is 11.5 Å². The van der Waals surface area contributed by atoms with Crippen LogP contribution in [0.2, 0.25) is 10.0 Å². The third-order valence-corrected chi connectivity index (χ3v) is 4.89. The third-order valence-electron chi connectivity index (χ3n) is 4.15. The van der Waals surface area contributed by atoms with Gasteiger partial charge in [-0.15, -0.1) is 0 Å². The lowest BCUT2D eigenvalue weighted by Crippen LogP contribution is -2.28. The van der Waals surface area contributed by atoms with Crippen molar-refractivity contribution in [2.45, 2.75) is 12.5 Å². The largest absolute Gasteiger partial charge is 0.493 e. The van der Waals surface area contributed by atoms with E-state index in [1.54, 1.807) is 30.3 Å². The maximum Gasteiger partial charge on any atom is 0.268 e. The number of hydrogen-bond donors (Lipinski definition) is 1. The molecule has 0 saturated carbocycles. The molecule has 2 aromatic rings. The van der Waals surface area contributed by atoms with E-state index in [1.165, 1.54) is 21.3 Å². The van der Waals surface area contributed by atoms with Crippen LogP contribution >= 0.6 is 23.2 Å². The van der Waals surface area contributed by atoms with Gasteiger partial charge in [-0.25, -0.2) is 0 Å². The van der Waals surface area contributed by atoms with E-state index in [2.05, 4.69) is 10.5 Å². The fourth-order valence-electron chi connectivity index (χ4n) is 2.74. The number of amides is 1. The van der Waals surface area contributed by atoms with Crippen LogP contribution in [-0.4, -0.2) is 39.1 Å². The molecule has 0 unspecified atom stereocenters. The van der Waals surface area contributed by atoms with E-state index in [0.717, 1.165) is 5.56 Å². The van der Waals surface area contributed by atoms with Crippen molar-refractivity contribution >= 4 is 40.5 Å². The molecule has 0 saturated heterocycles. The Morgan fingerprint density at radius 2 is 1.75 bits per heavy atom. The number of hydrogen-bond acceptors (Lipinski definition) is 6. The molecule has 1 N–H and O–H groups in total. The molecule has 1 atom stereocenters. The van der Waals surface area contributed by atoms with E-state index in [0.29, 0.717) is 45.1 Å². The number of methoxy groups -OCH3 is 3. The van der Waals surface area contributed by atoms with Gasteiger partial charge in [0, 0.05) is 29.8 Å². The topological polar surface area (TPSA) is 78.4 Å². The summed E-state index contributed by atoms with van der Waals surface area (Å²) in [6.07, 6.45) is -0.475. The summed E-state index contributed by atoms with van der Waals surface area (Å²) in [5.74, 6) is 0.938. The van der Waals surface area contributed by atoms with Gasteiger partial charge in [-0.3, -0.25) is 4.79 Å². The van der Waals surface area contributed by atoms with E-state index in [9.17, 15) is 4.79 Å². The van der Waals surface area contributed by atoms with Crippen molar-refractivity contribution in [2.75, 3.05) is 26.6 Å². The van der Waals surface area contributed by atoms with E-state index in [1.807, 2.05) is 0 Å². The maximum atomic E-state index is 12.6. The molecule has 148 valence electrons. The fraction of sp³-hybridized carbons (Fsp3) is 0.263. The highest BCUT2D eigenvalue weighted by molar-refractivity contribution is 6.42. The first-order chi connectivity index (χ1) is 13.5. The van der Waals surface area contributed by atoms with Crippen LogP contribution in [0.15, 0.2) is 35.5 Å². The summed E-state index contributed by atoms with van der Waals surface area (Å²) >= 11 is 12.0. The van der Waals surface area contributed by atoms with Crippen molar-refractivity contribution in [3.8, 4) is 17.2 Å². The molecule has 0 radical (unpaired) electrons. The Balaban J connectivity index is 1.72. The van der Waals surface area contributed by atoms with Crippen molar-refractivity contribution in [3.63, 3.8) is 0 Å². The molecule has 1 aliphatic rings. The van der Waals surface area contributed by atoms with Crippen molar-refractivity contribution in [2.24, 2.45) is 5.16 Å². The number of carbonyl (C=O) groups excluding carboxylic acids is 1. The molecule has 1 heterocycles. The van der Waals surface area contributed by atoms with Crippen LogP contribution < -0.4 is 19.5 Å². The highest BCUT2D eigenvalue weighted by Crippen LogP contribution is 2.40. The molecule has 0 aliphatic carbocycles. The number of benzene rings is 2. The van der Waals surface area contributed by atoms with Gasteiger partial charge < -0.3 is 24.4 Å². The van der Waals surface area contributed by atoms with Crippen LogP contribution in [0.5, 0.6) is 17.2 Å². The Morgan fingerprint density at radius 1 is 1.07 bits per heavy atom. The maximum absolute atomic E-state index is 12.6. The van der Waals surface area contributed by atoms with Crippen LogP contribution in [0.1, 0.15) is 12.0 Å². The van der Waals surface area contributed by atoms with Crippen molar-refractivity contribution < 1.29 is 23.8 Å². The number of rotatable bonds is 6. The van der Waals surface area contributed by atoms with Crippen LogP contribution in [0.25, 0.3) is 0 Å². The number of ether oxygens (including phenoxy) is 3. The first-order valence-electron chi connectivity index (χ1n) is 8.25. The number of halogens is 2. The Hall–Kier alpha value is -2.64. The molecule has 0 aromatic heterocycles. The van der Waals surface area contributed by atoms with Gasteiger partial charge in [-0.05, 0) is 12.1 Å². The van der Waals surface area contributed by atoms with Crippen LogP contribution in [0, 0.1) is 0 Å². The smallest absolute Gasteiger partial charge is 0.268 e. The normalized spacial score (nSPS) is 15.5. The lowest BCUT2D eigenvalue weighted by Gasteiger charge is -2.15. The first kappa shape index (κ1) is 20.1. The lowest BCUT2D eigenvalue weighted by molar-refractivity contribution is -0.125. The average Bonchev–Trinajstić information content (AvgIpc) is 3.19. The monoisotopic (exact) mass is 424 g/mol. The van der Waals surface area contributed by atoms with Crippen molar-refractivity contribution in [1.29, 1.82) is 0 Å². The minimum Gasteiger partial charge on any atom is -0.493 e. The molecule has 0 spiro atoms. The zero-order valence-corrected chi connectivity index (χ0v) is 16.9. The standard InChI is InChI=1S/C19H18Cl2N2O5/c1-25-15-7-11(8-16(26-2)18(15)27-3)22-19(24)17-9-14(23-28-17)10-4-5-12(20)13(21)6-10/h4-8,17H,9H2,1-3H3,(H,22,24)/t17-/m0/s1. The Labute approximate surface area is 172 Å². The summed E-state index contributed by atoms with van der Waals surface area (Å²) < 4.78 is 15.9. The minimum atomic E-state index is -0.774. The summed E-state index contributed by atoms with van der Waals surface area (Å²) in [6, 6.07) is 8.40. The van der Waals surface area contributed by atoms with Crippen molar-refractivity contribution in [3.05, 3.63) is 45.9 Å². The number of anilines is 1. The predicted octanol–water partition coefficient (Wildman–Crippen LogP) is 4.15.